The summed E-state index contributed by atoms with van der Waals surface area (Å²) in [6.45, 7) is 42.6. The molecule has 0 radical (unpaired) electrons. The lowest BCUT2D eigenvalue weighted by molar-refractivity contribution is -0.0325. The topological polar surface area (TPSA) is 65.1 Å². The number of hydrogen-bond donors (Lipinski definition) is 0. The first-order valence-electron chi connectivity index (χ1n) is 61.7. The summed E-state index contributed by atoms with van der Waals surface area (Å²) >= 11 is 0. The molecule has 0 aliphatic carbocycles. The Morgan fingerprint density at radius 1 is 0.169 bits per heavy atom. The van der Waals surface area contributed by atoms with Gasteiger partial charge in [0.05, 0.1) is 38.1 Å². The van der Waals surface area contributed by atoms with Gasteiger partial charge in [-0.05, 0) is 295 Å². The van der Waals surface area contributed by atoms with Gasteiger partial charge in [-0.1, -0.05) is 494 Å². The Hall–Kier alpha value is -5.56. The van der Waals surface area contributed by atoms with Gasteiger partial charge >= 0.3 is 0 Å². The molecule has 0 bridgehead atoms. The lowest BCUT2D eigenvalue weighted by atomic mass is 9.91. The largest absolute Gasteiger partial charge is 0.379 e. The zero-order valence-corrected chi connectivity index (χ0v) is 101. The minimum atomic E-state index is 0.117. The number of allylic oxidation sites excluding steroid dienone is 40. The van der Waals surface area contributed by atoms with Crippen LogP contribution in [-0.4, -0.2) is 154 Å². The van der Waals surface area contributed by atoms with E-state index in [0.717, 1.165) is 280 Å². The second-order valence-corrected chi connectivity index (χ2v) is 44.4. The zero-order valence-electron chi connectivity index (χ0n) is 101. The first-order chi connectivity index (χ1) is 72.2. The van der Waals surface area contributed by atoms with Crippen molar-refractivity contribution >= 4 is 0 Å². The van der Waals surface area contributed by atoms with Crippen molar-refractivity contribution in [1.29, 1.82) is 0 Å². The molecule has 0 saturated heterocycles. The summed E-state index contributed by atoms with van der Waals surface area (Å²) in [6.07, 6.45) is 158. The molecule has 0 heterocycles. The molecule has 0 aromatic heterocycles. The number of ether oxygens (including phenoxy) is 6. The highest BCUT2D eigenvalue weighted by Gasteiger charge is 2.17. The Morgan fingerprint density at radius 3 is 0.568 bits per heavy atom. The van der Waals surface area contributed by atoms with Crippen molar-refractivity contribution in [3.63, 3.8) is 0 Å². The van der Waals surface area contributed by atoms with Crippen LogP contribution in [0.2, 0.25) is 0 Å². The molecule has 0 spiro atoms. The van der Waals surface area contributed by atoms with Crippen molar-refractivity contribution in [2.24, 2.45) is 47.3 Å². The van der Waals surface area contributed by atoms with E-state index in [4.69, 9.17) is 28.4 Å². The summed E-state index contributed by atoms with van der Waals surface area (Å²) in [5.41, 5.74) is 0. The maximum absolute atomic E-state index is 6.37. The van der Waals surface area contributed by atoms with Gasteiger partial charge in [-0.3, -0.25) is 0 Å². The zero-order chi connectivity index (χ0) is 109. The summed E-state index contributed by atoms with van der Waals surface area (Å²) in [5.74, 6) is 6.76. The smallest absolute Gasteiger partial charge is 0.0934 e. The molecule has 0 saturated carbocycles. The molecule has 0 aliphatic rings. The van der Waals surface area contributed by atoms with E-state index in [9.17, 15) is 0 Å². The van der Waals surface area contributed by atoms with Gasteiger partial charge < -0.3 is 43.1 Å². The second-order valence-electron chi connectivity index (χ2n) is 44.4. The number of rotatable bonds is 105. The maximum atomic E-state index is 6.37. The van der Waals surface area contributed by atoms with Crippen molar-refractivity contribution in [3.05, 3.63) is 243 Å². The third-order valence-corrected chi connectivity index (χ3v) is 26.5. The summed E-state index contributed by atoms with van der Waals surface area (Å²) in [4.78, 5) is 6.60. The molecular formula is C139H247N3O6. The Kier molecular flexibility index (Phi) is 122. The normalized spacial score (nSPS) is 14.9. The monoisotopic (exact) mass is 2050 g/mol. The minimum absolute atomic E-state index is 0.117. The average molecular weight is 2060 g/mol. The molecule has 0 aromatic rings. The first kappa shape index (κ1) is 147. The van der Waals surface area contributed by atoms with Gasteiger partial charge in [0.15, 0.2) is 0 Å². The fourth-order valence-corrected chi connectivity index (χ4v) is 17.2. The van der Waals surface area contributed by atoms with Crippen molar-refractivity contribution in [1.82, 2.24) is 14.7 Å². The van der Waals surface area contributed by atoms with Crippen LogP contribution in [0.5, 0.6) is 0 Å². The lowest BCUT2D eigenvalue weighted by Crippen LogP contribution is -2.33. The number of hydrogen-bond acceptors (Lipinski definition) is 9. The highest BCUT2D eigenvalue weighted by molar-refractivity contribution is 5.06. The van der Waals surface area contributed by atoms with Crippen LogP contribution in [0.25, 0.3) is 0 Å². The molecule has 0 N–H and O–H groups in total. The van der Waals surface area contributed by atoms with E-state index in [0.29, 0.717) is 13.2 Å². The minimum Gasteiger partial charge on any atom is -0.379 e. The fourth-order valence-electron chi connectivity index (χ4n) is 17.2. The van der Waals surface area contributed by atoms with Gasteiger partial charge in [-0.15, -0.1) is 0 Å². The summed E-state index contributed by atoms with van der Waals surface area (Å²) in [7, 11) is 12.7. The molecule has 9 atom stereocenters. The van der Waals surface area contributed by atoms with E-state index in [1.54, 1.807) is 0 Å². The molecule has 0 aromatic carbocycles. The molecule has 0 rings (SSSR count). The van der Waals surface area contributed by atoms with Gasteiger partial charge in [0, 0.05) is 59.3 Å². The van der Waals surface area contributed by atoms with Crippen LogP contribution in [0.15, 0.2) is 243 Å². The predicted molar refractivity (Wildman–Crippen MR) is 666 cm³/mol. The van der Waals surface area contributed by atoms with Crippen molar-refractivity contribution in [3.8, 4) is 0 Å². The van der Waals surface area contributed by atoms with Crippen LogP contribution in [0, 0.1) is 47.3 Å². The molecule has 854 valence electrons. The number of likely N-dealkylation sites (N-methyl/N-ethyl adjacent to an activating group) is 3. The van der Waals surface area contributed by atoms with Crippen LogP contribution in [0.3, 0.4) is 0 Å². The SMILES string of the molecule is CC(C)CCCC(C)CCCC(C)CCCC(C)CCOCC(CN(C)C)OCCC(C)CCCC(C)CCCC(C)CCCC(C)C.CC/C=C\C/C=C\C/C=C\C/C=C\C/C=C\C/C=C\CCCOCC(CN(C)C)OCCC/C=C\C/C=C\C/C=C\C/C=C\C/C=C\C/C=C\CC.CCCCCC/C=C\C/C=C\C/C=C\C/C=C\CCCOCC(CN(C)C)OCCC/C=C\C/C=C\C/C=C\C/C=C\CCCCCC. The lowest BCUT2D eigenvalue weighted by Gasteiger charge is -2.23. The van der Waals surface area contributed by atoms with Crippen molar-refractivity contribution < 1.29 is 28.4 Å². The Morgan fingerprint density at radius 2 is 0.351 bits per heavy atom. The van der Waals surface area contributed by atoms with Gasteiger partial charge in [0.2, 0.25) is 0 Å². The Bertz CT molecular complexity index is 3320. The summed E-state index contributed by atoms with van der Waals surface area (Å²) in [5, 5.41) is 0. The molecular weight excluding hydrogens is 1810 g/mol. The fraction of sp³-hybridized carbons (Fsp3) is 0.712. The number of unbranched alkanes of at least 4 members (excludes halogenated alkanes) is 12. The molecule has 0 fully saturated rings. The van der Waals surface area contributed by atoms with E-state index < -0.39 is 0 Å². The Balaban J connectivity index is -0.00000213. The van der Waals surface area contributed by atoms with Gasteiger partial charge in [0.25, 0.3) is 0 Å². The predicted octanol–water partition coefficient (Wildman–Crippen LogP) is 41.0. The molecule has 9 heteroatoms. The van der Waals surface area contributed by atoms with Crippen molar-refractivity contribution in [2.45, 2.75) is 475 Å². The van der Waals surface area contributed by atoms with Gasteiger partial charge in [0.1, 0.15) is 0 Å². The highest BCUT2D eigenvalue weighted by atomic mass is 16.5. The molecule has 0 aliphatic heterocycles. The Labute approximate surface area is 923 Å². The van der Waals surface area contributed by atoms with E-state index in [2.05, 4.69) is 397 Å². The summed E-state index contributed by atoms with van der Waals surface area (Å²) in [6, 6.07) is 0. The summed E-state index contributed by atoms with van der Waals surface area (Å²) < 4.78 is 36.8. The van der Waals surface area contributed by atoms with E-state index in [1.807, 2.05) is 0 Å². The second kappa shape index (κ2) is 123. The maximum Gasteiger partial charge on any atom is 0.0934 e. The van der Waals surface area contributed by atoms with Crippen LogP contribution in [-0.2, 0) is 28.4 Å². The van der Waals surface area contributed by atoms with E-state index in [1.165, 1.54) is 193 Å². The standard InChI is InChI=1S/C49H77NO2.C45H93NO2.C45H77NO2/c1-5-7-9-11-13-15-17-19-21-23-25-27-29-31-33-35-37-39-41-43-45-51-48-49(47-50(3)4)52-46-44-42-40-38-36-34-32-30-28-26-24-22-20-18-16-14-12-10-8-6-2;1-37(2)19-13-21-39(5)23-15-25-41(7)27-17-29-43(9)31-33-47-36-45(35-46(11)12)48-34-32-44(10)30-18-28-42(8)26-16-24-40(6)22-14-20-38(3)4;1-5-7-9-11-13-15-17-19-21-23-25-27-29-31-33-35-37-39-41-47-44-45(43-46(3)4)48-42-40-38-36-34-32-30-28-26-24-22-20-18-16-14-12-10-8-6-2/h7-10,13-16,19-22,25-28,31-34,37-40,49H,5-6,11-12,17-18,23-24,29-30,35-36,41-48H2,1-4H3;37-45H,13-36H2,1-12H3;15-18,21-24,27-30,33-36,45H,5-14,19-20,25-26,31-32,37-44H2,1-4H3/b9-7-,10-8-,15-13-,16-14-,21-19-,22-20-,27-25-,28-26-,33-31-,34-32-,39-37-,40-38-;;17-15-,18-16-,23-21-,24-22-,29-27-,30-28-,35-33-,36-34-. The first-order valence-corrected chi connectivity index (χ1v) is 61.7. The quantitative estimate of drug-likeness (QED) is 0.0438. The third kappa shape index (κ3) is 129. The van der Waals surface area contributed by atoms with Gasteiger partial charge in [-0.2, -0.15) is 0 Å². The molecule has 0 amide bonds. The average Bonchev–Trinajstić information content (AvgIpc) is 1.06. The molecule has 148 heavy (non-hydrogen) atoms. The molecule has 9 nitrogen and oxygen atoms in total. The van der Waals surface area contributed by atoms with Crippen LogP contribution >= 0.6 is 0 Å². The van der Waals surface area contributed by atoms with Gasteiger partial charge in [-0.25, -0.2) is 0 Å². The molecule has 9 unspecified atom stereocenters. The van der Waals surface area contributed by atoms with E-state index >= 15 is 0 Å². The van der Waals surface area contributed by atoms with Crippen LogP contribution in [0.1, 0.15) is 456 Å². The van der Waals surface area contributed by atoms with Crippen molar-refractivity contribution in [2.75, 3.05) is 121 Å². The van der Waals surface area contributed by atoms with Crippen LogP contribution < -0.4 is 0 Å². The van der Waals surface area contributed by atoms with E-state index in [-0.39, 0.29) is 18.3 Å². The highest BCUT2D eigenvalue weighted by Crippen LogP contribution is 2.26. The number of nitrogens with zero attached hydrogens (tertiary/aromatic N) is 3. The van der Waals surface area contributed by atoms with Crippen LogP contribution in [0.4, 0.5) is 0 Å². The third-order valence-electron chi connectivity index (χ3n) is 26.5.